The van der Waals surface area contributed by atoms with E-state index in [4.69, 9.17) is 4.98 Å². The Bertz CT molecular complexity index is 469. The number of aromatic nitrogens is 1. The van der Waals surface area contributed by atoms with E-state index in [9.17, 15) is 4.79 Å². The number of pyridine rings is 1. The van der Waals surface area contributed by atoms with Gasteiger partial charge in [0.25, 0.3) is 0 Å². The molecule has 0 aliphatic heterocycles. The molecule has 0 saturated heterocycles. The predicted octanol–water partition coefficient (Wildman–Crippen LogP) is 5.02. The van der Waals surface area contributed by atoms with Crippen LogP contribution in [0.4, 0.5) is 0 Å². The molecule has 0 bridgehead atoms. The number of unbranched alkanes of at least 4 members (excludes halogenated alkanes) is 3. The van der Waals surface area contributed by atoms with Crippen LogP contribution in [-0.2, 0) is 11.2 Å². The first-order valence-electron chi connectivity index (χ1n) is 8.66. The molecule has 1 aromatic rings. The van der Waals surface area contributed by atoms with E-state index in [0.717, 1.165) is 25.5 Å². The Morgan fingerprint density at radius 1 is 1.24 bits per heavy atom. The number of carbonyl (C=O) groups is 1. The summed E-state index contributed by atoms with van der Waals surface area (Å²) in [6.07, 6.45) is 9.48. The lowest BCUT2D eigenvalue weighted by atomic mass is 9.72. The van der Waals surface area contributed by atoms with Crippen molar-refractivity contribution in [3.63, 3.8) is 0 Å². The van der Waals surface area contributed by atoms with Crippen LogP contribution in [0, 0.1) is 5.92 Å². The molecule has 0 aromatic carbocycles. The minimum Gasteiger partial charge on any atom is -0.303 e. The Labute approximate surface area is 129 Å². The van der Waals surface area contributed by atoms with Crippen molar-refractivity contribution >= 4 is 6.29 Å². The first kappa shape index (κ1) is 16.2. The molecule has 0 radical (unpaired) electrons. The van der Waals surface area contributed by atoms with Gasteiger partial charge in [-0.2, -0.15) is 0 Å². The molecule has 0 amide bonds. The van der Waals surface area contributed by atoms with Crippen LogP contribution < -0.4 is 0 Å². The second kappa shape index (κ2) is 7.72. The molecule has 2 nitrogen and oxygen atoms in total. The zero-order valence-corrected chi connectivity index (χ0v) is 13.8. The summed E-state index contributed by atoms with van der Waals surface area (Å²) < 4.78 is 0. The van der Waals surface area contributed by atoms with Gasteiger partial charge in [0.15, 0.2) is 0 Å². The Balaban J connectivity index is 2.15. The summed E-state index contributed by atoms with van der Waals surface area (Å²) >= 11 is 0. The van der Waals surface area contributed by atoms with Crippen molar-refractivity contribution in [3.8, 4) is 0 Å². The van der Waals surface area contributed by atoms with Gasteiger partial charge < -0.3 is 4.79 Å². The fraction of sp³-hybridized carbons (Fsp3) is 0.684. The number of aryl methyl sites for hydroxylation is 1. The van der Waals surface area contributed by atoms with Crippen molar-refractivity contribution in [1.82, 2.24) is 4.98 Å². The van der Waals surface area contributed by atoms with Crippen LogP contribution in [0.2, 0.25) is 0 Å². The van der Waals surface area contributed by atoms with Gasteiger partial charge in [0.2, 0.25) is 0 Å². The molecule has 0 saturated carbocycles. The van der Waals surface area contributed by atoms with E-state index in [-0.39, 0.29) is 5.92 Å². The van der Waals surface area contributed by atoms with Crippen LogP contribution in [0.3, 0.4) is 0 Å². The van der Waals surface area contributed by atoms with Crippen molar-refractivity contribution in [2.24, 2.45) is 5.92 Å². The molecule has 21 heavy (non-hydrogen) atoms. The average molecular weight is 287 g/mol. The molecule has 0 N–H and O–H groups in total. The summed E-state index contributed by atoms with van der Waals surface area (Å²) in [4.78, 5) is 16.4. The van der Waals surface area contributed by atoms with Gasteiger partial charge in [0.1, 0.15) is 6.29 Å². The van der Waals surface area contributed by atoms with Gasteiger partial charge in [-0.15, -0.1) is 0 Å². The lowest BCUT2D eigenvalue weighted by molar-refractivity contribution is -0.110. The molecule has 3 unspecified atom stereocenters. The Kier molecular flexibility index (Phi) is 5.96. The molecule has 1 heterocycles. The van der Waals surface area contributed by atoms with Crippen molar-refractivity contribution in [1.29, 1.82) is 0 Å². The largest absolute Gasteiger partial charge is 0.303 e. The van der Waals surface area contributed by atoms with Crippen LogP contribution in [0.5, 0.6) is 0 Å². The SMILES string of the molecule is CCCCCCc1ccc2c(n1)C(C)CC(CC)C2C=O. The first-order chi connectivity index (χ1) is 10.2. The van der Waals surface area contributed by atoms with Gasteiger partial charge >= 0.3 is 0 Å². The fourth-order valence-corrected chi connectivity index (χ4v) is 3.65. The highest BCUT2D eigenvalue weighted by atomic mass is 16.1. The zero-order chi connectivity index (χ0) is 15.2. The Morgan fingerprint density at radius 2 is 2.05 bits per heavy atom. The predicted molar refractivity (Wildman–Crippen MR) is 87.7 cm³/mol. The molecule has 3 atom stereocenters. The van der Waals surface area contributed by atoms with E-state index >= 15 is 0 Å². The highest BCUT2D eigenvalue weighted by Crippen LogP contribution is 2.42. The molecule has 0 spiro atoms. The normalized spacial score (nSPS) is 24.6. The maximum atomic E-state index is 11.5. The smallest absolute Gasteiger partial charge is 0.127 e. The lowest BCUT2D eigenvalue weighted by Crippen LogP contribution is -2.25. The summed E-state index contributed by atoms with van der Waals surface area (Å²) in [6.45, 7) is 6.69. The van der Waals surface area contributed by atoms with E-state index in [1.807, 2.05) is 0 Å². The minimum absolute atomic E-state index is 0.0582. The summed E-state index contributed by atoms with van der Waals surface area (Å²) in [6, 6.07) is 4.32. The number of nitrogens with zero attached hydrogens (tertiary/aromatic N) is 1. The molecule has 1 aromatic heterocycles. The van der Waals surface area contributed by atoms with Crippen molar-refractivity contribution in [2.75, 3.05) is 0 Å². The third-order valence-electron chi connectivity index (χ3n) is 4.96. The van der Waals surface area contributed by atoms with Crippen molar-refractivity contribution < 1.29 is 4.79 Å². The number of fused-ring (bicyclic) bond motifs is 1. The van der Waals surface area contributed by atoms with Gasteiger partial charge in [-0.25, -0.2) is 0 Å². The van der Waals surface area contributed by atoms with E-state index in [1.54, 1.807) is 0 Å². The van der Waals surface area contributed by atoms with Crippen molar-refractivity contribution in [3.05, 3.63) is 29.1 Å². The monoisotopic (exact) mass is 287 g/mol. The topological polar surface area (TPSA) is 30.0 Å². The quantitative estimate of drug-likeness (QED) is 0.520. The maximum Gasteiger partial charge on any atom is 0.127 e. The lowest BCUT2D eigenvalue weighted by Gasteiger charge is -2.33. The summed E-state index contributed by atoms with van der Waals surface area (Å²) in [7, 11) is 0. The molecule has 2 rings (SSSR count). The number of hydrogen-bond acceptors (Lipinski definition) is 2. The molecular formula is C19H29NO. The van der Waals surface area contributed by atoms with Crippen LogP contribution in [0.25, 0.3) is 0 Å². The Hall–Kier alpha value is -1.18. The zero-order valence-electron chi connectivity index (χ0n) is 13.8. The van der Waals surface area contributed by atoms with Crippen LogP contribution in [0.1, 0.15) is 88.1 Å². The molecule has 1 aliphatic rings. The van der Waals surface area contributed by atoms with Gasteiger partial charge in [0, 0.05) is 17.3 Å². The molecular weight excluding hydrogens is 258 g/mol. The summed E-state index contributed by atoms with van der Waals surface area (Å²) in [5.74, 6) is 1.03. The number of hydrogen-bond donors (Lipinski definition) is 0. The average Bonchev–Trinajstić information content (AvgIpc) is 2.51. The van der Waals surface area contributed by atoms with E-state index in [1.165, 1.54) is 42.6 Å². The molecule has 0 fully saturated rings. The maximum absolute atomic E-state index is 11.5. The first-order valence-corrected chi connectivity index (χ1v) is 8.66. The molecule has 2 heteroatoms. The number of aldehydes is 1. The van der Waals surface area contributed by atoms with Crippen molar-refractivity contribution in [2.45, 2.75) is 77.6 Å². The third-order valence-corrected chi connectivity index (χ3v) is 4.96. The third kappa shape index (κ3) is 3.72. The second-order valence-corrected chi connectivity index (χ2v) is 6.55. The van der Waals surface area contributed by atoms with Gasteiger partial charge in [0.05, 0.1) is 0 Å². The number of rotatable bonds is 7. The van der Waals surface area contributed by atoms with E-state index < -0.39 is 0 Å². The van der Waals surface area contributed by atoms with Gasteiger partial charge in [-0.1, -0.05) is 52.5 Å². The minimum atomic E-state index is 0.0582. The fourth-order valence-electron chi connectivity index (χ4n) is 3.65. The summed E-state index contributed by atoms with van der Waals surface area (Å²) in [5.41, 5.74) is 3.58. The highest BCUT2D eigenvalue weighted by Gasteiger charge is 2.32. The number of carbonyl (C=O) groups excluding carboxylic acids is 1. The van der Waals surface area contributed by atoms with Gasteiger partial charge in [-0.3, -0.25) is 4.98 Å². The second-order valence-electron chi connectivity index (χ2n) is 6.55. The standard InChI is InChI=1S/C19H29NO/c1-4-6-7-8-9-16-10-11-17-18(13-21)15(5-2)12-14(3)19(17)20-16/h10-11,13-15,18H,4-9,12H2,1-3H3. The van der Waals surface area contributed by atoms with E-state index in [0.29, 0.717) is 11.8 Å². The highest BCUT2D eigenvalue weighted by molar-refractivity contribution is 5.64. The van der Waals surface area contributed by atoms with E-state index in [2.05, 4.69) is 32.9 Å². The Morgan fingerprint density at radius 3 is 2.71 bits per heavy atom. The van der Waals surface area contributed by atoms with Crippen LogP contribution in [0.15, 0.2) is 12.1 Å². The molecule has 116 valence electrons. The summed E-state index contributed by atoms with van der Waals surface area (Å²) in [5, 5.41) is 0. The van der Waals surface area contributed by atoms with Crippen LogP contribution in [-0.4, -0.2) is 11.3 Å². The van der Waals surface area contributed by atoms with Crippen LogP contribution >= 0.6 is 0 Å². The van der Waals surface area contributed by atoms with Gasteiger partial charge in [-0.05, 0) is 42.7 Å². The molecule has 1 aliphatic carbocycles.